The summed E-state index contributed by atoms with van der Waals surface area (Å²) in [6.45, 7) is 6.26. The molecule has 3 N–H and O–H groups in total. The molecule has 3 aliphatic heterocycles. The Morgan fingerprint density at radius 2 is 1.83 bits per heavy atom. The summed E-state index contributed by atoms with van der Waals surface area (Å²) in [7, 11) is -0.300. The number of amides is 2. The minimum Gasteiger partial charge on any atom is -0.443 e. The van der Waals surface area contributed by atoms with Gasteiger partial charge in [0.2, 0.25) is 15.9 Å². The number of alkyl carbamates (subject to hydrolysis) is 1. The van der Waals surface area contributed by atoms with Crippen LogP contribution in [0.3, 0.4) is 0 Å². The first-order valence-corrected chi connectivity index (χ1v) is 20.6. The molecule has 0 spiro atoms. The van der Waals surface area contributed by atoms with Crippen LogP contribution in [-0.2, 0) is 35.4 Å². The van der Waals surface area contributed by atoms with Gasteiger partial charge in [0.25, 0.3) is 0 Å². The number of hydrogen-bond donors (Lipinski definition) is 3. The van der Waals surface area contributed by atoms with E-state index in [9.17, 15) is 23.1 Å². The number of fused-ring (bicyclic) bond motifs is 2. The quantitative estimate of drug-likeness (QED) is 0.208. The predicted octanol–water partition coefficient (Wildman–Crippen LogP) is 3.37. The van der Waals surface area contributed by atoms with Gasteiger partial charge in [0.1, 0.15) is 6.10 Å². The summed E-state index contributed by atoms with van der Waals surface area (Å²) >= 11 is 1.39. The molecule has 3 fully saturated rings. The summed E-state index contributed by atoms with van der Waals surface area (Å²) in [5.41, 5.74) is 1.55. The van der Waals surface area contributed by atoms with Crippen molar-refractivity contribution >= 4 is 48.7 Å². The molecule has 2 aromatic carbocycles. The molecule has 290 valence electrons. The number of likely N-dealkylation sites (tertiary alicyclic amines) is 1. The van der Waals surface area contributed by atoms with Gasteiger partial charge in [-0.2, -0.15) is 4.31 Å². The molecule has 0 saturated carbocycles. The lowest BCUT2D eigenvalue weighted by molar-refractivity contribution is -0.132. The van der Waals surface area contributed by atoms with E-state index < -0.39 is 34.4 Å². The van der Waals surface area contributed by atoms with E-state index in [-0.39, 0.29) is 61.1 Å². The number of sulfonamides is 1. The zero-order valence-electron chi connectivity index (χ0n) is 30.8. The molecular weight excluding hydrogens is 721 g/mol. The van der Waals surface area contributed by atoms with Gasteiger partial charge in [-0.1, -0.05) is 55.5 Å². The Morgan fingerprint density at radius 3 is 2.55 bits per heavy atom. The van der Waals surface area contributed by atoms with Crippen LogP contribution < -0.4 is 10.6 Å². The second kappa shape index (κ2) is 17.4. The zero-order chi connectivity index (χ0) is 37.7. The van der Waals surface area contributed by atoms with Gasteiger partial charge in [-0.05, 0) is 69.5 Å². The highest BCUT2D eigenvalue weighted by molar-refractivity contribution is 7.89. The third-order valence-corrected chi connectivity index (χ3v) is 12.7. The number of carbonyl (C=O) groups is 2. The van der Waals surface area contributed by atoms with E-state index in [4.69, 9.17) is 19.2 Å². The lowest BCUT2D eigenvalue weighted by atomic mass is 10.0. The number of anilines is 1. The first-order chi connectivity index (χ1) is 25.3. The van der Waals surface area contributed by atoms with Crippen LogP contribution in [0.4, 0.5) is 9.93 Å². The van der Waals surface area contributed by atoms with Crippen molar-refractivity contribution < 1.29 is 37.3 Å². The van der Waals surface area contributed by atoms with E-state index in [1.807, 2.05) is 68.1 Å². The fraction of sp³-hybridized carbons (Fsp3) is 0.595. The van der Waals surface area contributed by atoms with E-state index in [2.05, 4.69) is 10.6 Å². The second-order valence-corrected chi connectivity index (χ2v) is 17.8. The number of aromatic nitrogens is 1. The first-order valence-electron chi connectivity index (χ1n) is 18.4. The van der Waals surface area contributed by atoms with Gasteiger partial charge < -0.3 is 39.8 Å². The minimum absolute atomic E-state index is 0.0426. The Bertz CT molecular complexity index is 1800. The number of benzene rings is 2. The number of nitrogens with zero attached hydrogens (tertiary/aromatic N) is 4. The fourth-order valence-electron chi connectivity index (χ4n) is 7.13. The summed E-state index contributed by atoms with van der Waals surface area (Å²) < 4.78 is 47.5. The molecule has 0 bridgehead atoms. The van der Waals surface area contributed by atoms with E-state index in [0.29, 0.717) is 36.9 Å². The topological polar surface area (TPSA) is 163 Å². The number of hydrogen-bond acceptors (Lipinski definition) is 12. The van der Waals surface area contributed by atoms with Crippen molar-refractivity contribution in [2.75, 3.05) is 65.3 Å². The maximum atomic E-state index is 14.3. The molecule has 0 radical (unpaired) electrons. The molecule has 5 atom stereocenters. The van der Waals surface area contributed by atoms with Crippen LogP contribution in [0.25, 0.3) is 10.2 Å². The van der Waals surface area contributed by atoms with Gasteiger partial charge in [-0.15, -0.1) is 0 Å². The van der Waals surface area contributed by atoms with Crippen molar-refractivity contribution in [1.29, 1.82) is 0 Å². The number of aliphatic hydroxyl groups excluding tert-OH is 1. The summed E-state index contributed by atoms with van der Waals surface area (Å²) in [6.07, 6.45) is -0.227. The second-order valence-electron chi connectivity index (χ2n) is 14.9. The van der Waals surface area contributed by atoms with Crippen molar-refractivity contribution in [3.63, 3.8) is 0 Å². The molecule has 53 heavy (non-hydrogen) atoms. The van der Waals surface area contributed by atoms with Gasteiger partial charge in [0.15, 0.2) is 11.4 Å². The van der Waals surface area contributed by atoms with E-state index >= 15 is 0 Å². The van der Waals surface area contributed by atoms with Crippen molar-refractivity contribution in [1.82, 2.24) is 24.4 Å². The van der Waals surface area contributed by atoms with Gasteiger partial charge >= 0.3 is 6.09 Å². The number of likely N-dealkylation sites (N-methyl/N-ethyl adjacent to an activating group) is 1. The third kappa shape index (κ3) is 10.0. The molecule has 14 nitrogen and oxygen atoms in total. The van der Waals surface area contributed by atoms with E-state index in [1.54, 1.807) is 18.2 Å². The van der Waals surface area contributed by atoms with Crippen molar-refractivity contribution in [3.8, 4) is 0 Å². The number of carbonyl (C=O) groups excluding carboxylic acids is 2. The standard InChI is InChI=1S/C37H52N6O8S2/c1-24(2)20-43(21-31(44)30(18-25-8-6-5-7-9-25)40-37(46)51-32-23-50-35-28(32)14-17-49-35)53(47,48)27-10-11-29-33(19-27)52-36(39-29)38-26-12-15-42(16-13-26)34(45)22-41(3)4/h5-11,19,24,26,28,30-32,35,44H,12-18,20-23H2,1-4H3,(H,38,39)(H,40,46)/t28-,30-,31+,32-,35+/m0/s1. The van der Waals surface area contributed by atoms with E-state index in [1.165, 1.54) is 15.6 Å². The lowest BCUT2D eigenvalue weighted by Crippen LogP contribution is -2.51. The monoisotopic (exact) mass is 772 g/mol. The van der Waals surface area contributed by atoms with Crippen LogP contribution in [0.5, 0.6) is 0 Å². The highest BCUT2D eigenvalue weighted by Crippen LogP contribution is 2.33. The van der Waals surface area contributed by atoms with Crippen molar-refractivity contribution in [2.24, 2.45) is 11.8 Å². The van der Waals surface area contributed by atoms with Gasteiger partial charge in [0.05, 0.1) is 52.9 Å². The average Bonchev–Trinajstić information content (AvgIpc) is 3.85. The number of piperidine rings is 1. The SMILES string of the molecule is CC(C)CN(C[C@@H](O)[C@H](Cc1ccccc1)NC(=O)O[C@H]1CO[C@H]2OCC[C@H]21)S(=O)(=O)c1ccc2nc(NC3CCN(C(=O)CN(C)C)CC3)sc2c1. The molecule has 0 aliphatic carbocycles. The summed E-state index contributed by atoms with van der Waals surface area (Å²) in [6, 6.07) is 13.6. The maximum Gasteiger partial charge on any atom is 0.407 e. The molecular formula is C37H52N6O8S2. The number of thiazole rings is 1. The molecule has 4 heterocycles. The smallest absolute Gasteiger partial charge is 0.407 e. The van der Waals surface area contributed by atoms with Crippen molar-refractivity contribution in [3.05, 3.63) is 54.1 Å². The number of rotatable bonds is 15. The number of aliphatic hydroxyl groups is 1. The molecule has 16 heteroatoms. The van der Waals surface area contributed by atoms with Crippen molar-refractivity contribution in [2.45, 2.75) is 75.0 Å². The first kappa shape index (κ1) is 39.3. The lowest BCUT2D eigenvalue weighted by Gasteiger charge is -2.33. The van der Waals surface area contributed by atoms with Crippen LogP contribution in [0.1, 0.15) is 38.7 Å². The predicted molar refractivity (Wildman–Crippen MR) is 202 cm³/mol. The van der Waals surface area contributed by atoms with Crippen LogP contribution >= 0.6 is 11.3 Å². The third-order valence-electron chi connectivity index (χ3n) is 9.89. The Balaban J connectivity index is 1.14. The molecule has 6 rings (SSSR count). The number of ether oxygens (including phenoxy) is 3. The molecule has 1 aromatic heterocycles. The summed E-state index contributed by atoms with van der Waals surface area (Å²) in [5, 5.41) is 18.7. The Labute approximate surface area is 315 Å². The maximum absolute atomic E-state index is 14.3. The minimum atomic E-state index is -4.07. The Kier molecular flexibility index (Phi) is 12.9. The largest absolute Gasteiger partial charge is 0.443 e. The molecule has 3 saturated heterocycles. The average molecular weight is 773 g/mol. The van der Waals surface area contributed by atoms with Gasteiger partial charge in [-0.3, -0.25) is 4.79 Å². The fourth-order valence-corrected chi connectivity index (χ4v) is 9.84. The molecule has 0 unspecified atom stereocenters. The van der Waals surface area contributed by atoms with Crippen LogP contribution in [0.2, 0.25) is 0 Å². The van der Waals surface area contributed by atoms with Crippen LogP contribution in [0, 0.1) is 11.8 Å². The zero-order valence-corrected chi connectivity index (χ0v) is 32.5. The molecule has 3 aliphatic rings. The van der Waals surface area contributed by atoms with Gasteiger partial charge in [0, 0.05) is 32.2 Å². The van der Waals surface area contributed by atoms with E-state index in [0.717, 1.165) is 29.5 Å². The highest BCUT2D eigenvalue weighted by Gasteiger charge is 2.44. The Hall–Kier alpha value is -3.38. The molecule has 2 amide bonds. The molecule has 3 aromatic rings. The summed E-state index contributed by atoms with van der Waals surface area (Å²) in [4.78, 5) is 34.3. The normalized spacial score (nSPS) is 22.0. The van der Waals surface area contributed by atoms with Gasteiger partial charge in [-0.25, -0.2) is 18.2 Å². The van der Waals surface area contributed by atoms with Crippen LogP contribution in [-0.4, -0.2) is 135 Å². The number of nitrogens with one attached hydrogen (secondary N) is 2. The van der Waals surface area contributed by atoms with Crippen LogP contribution in [0.15, 0.2) is 53.4 Å². The summed E-state index contributed by atoms with van der Waals surface area (Å²) in [5.74, 6) is 0.0362. The Morgan fingerprint density at radius 1 is 1.08 bits per heavy atom. The highest BCUT2D eigenvalue weighted by atomic mass is 32.2.